The van der Waals surface area contributed by atoms with Crippen LogP contribution in [0.1, 0.15) is 24.8 Å². The van der Waals surface area contributed by atoms with Gasteiger partial charge in [-0.2, -0.15) is 0 Å². The summed E-state index contributed by atoms with van der Waals surface area (Å²) in [6.07, 6.45) is 1.32. The third kappa shape index (κ3) is 2.58. The van der Waals surface area contributed by atoms with Crippen molar-refractivity contribution in [2.45, 2.75) is 24.7 Å². The minimum absolute atomic E-state index is 0.334. The minimum atomic E-state index is -1.18. The number of nitrogens with one attached hydrogen (secondary N) is 1. The van der Waals surface area contributed by atoms with E-state index in [-0.39, 0.29) is 5.56 Å². The largest absolute Gasteiger partial charge is 0.355 e. The smallest absolute Gasteiger partial charge is 0.230 e. The van der Waals surface area contributed by atoms with E-state index in [9.17, 15) is 18.0 Å². The van der Waals surface area contributed by atoms with Crippen molar-refractivity contribution in [3.05, 3.63) is 35.1 Å². The number of hydrogen-bond acceptors (Lipinski definition) is 2. The van der Waals surface area contributed by atoms with E-state index in [1.54, 1.807) is 0 Å². The number of rotatable bonds is 5. The predicted octanol–water partition coefficient (Wildman–Crippen LogP) is 1.60. The van der Waals surface area contributed by atoms with Gasteiger partial charge in [-0.05, 0) is 25.8 Å². The molecule has 1 saturated carbocycles. The van der Waals surface area contributed by atoms with Crippen molar-refractivity contribution >= 4 is 5.91 Å². The van der Waals surface area contributed by atoms with Crippen molar-refractivity contribution < 1.29 is 18.0 Å². The lowest BCUT2D eigenvalue weighted by Crippen LogP contribution is -2.37. The van der Waals surface area contributed by atoms with Gasteiger partial charge in [-0.15, -0.1) is 0 Å². The third-order valence-corrected chi connectivity index (χ3v) is 3.34. The fourth-order valence-electron chi connectivity index (χ4n) is 2.19. The highest BCUT2D eigenvalue weighted by molar-refractivity contribution is 5.91. The van der Waals surface area contributed by atoms with Crippen LogP contribution in [0.5, 0.6) is 0 Å². The molecule has 19 heavy (non-hydrogen) atoms. The molecule has 0 spiro atoms. The zero-order valence-corrected chi connectivity index (χ0v) is 10.3. The van der Waals surface area contributed by atoms with Crippen LogP contribution >= 0.6 is 0 Å². The van der Waals surface area contributed by atoms with Gasteiger partial charge in [-0.3, -0.25) is 4.79 Å². The molecule has 1 fully saturated rings. The molecule has 6 heteroatoms. The highest BCUT2D eigenvalue weighted by atomic mass is 19.1. The lowest BCUT2D eigenvalue weighted by molar-refractivity contribution is -0.123. The Morgan fingerprint density at radius 2 is 1.84 bits per heavy atom. The van der Waals surface area contributed by atoms with Crippen molar-refractivity contribution in [2.24, 2.45) is 5.73 Å². The average molecular weight is 272 g/mol. The van der Waals surface area contributed by atoms with Crippen LogP contribution < -0.4 is 11.1 Å². The summed E-state index contributed by atoms with van der Waals surface area (Å²) < 4.78 is 40.3. The molecule has 0 saturated heterocycles. The van der Waals surface area contributed by atoms with E-state index in [0.29, 0.717) is 44.5 Å². The van der Waals surface area contributed by atoms with Crippen LogP contribution in [0.2, 0.25) is 0 Å². The first-order valence-corrected chi connectivity index (χ1v) is 6.14. The fourth-order valence-corrected chi connectivity index (χ4v) is 2.19. The van der Waals surface area contributed by atoms with Gasteiger partial charge < -0.3 is 11.1 Å². The zero-order valence-electron chi connectivity index (χ0n) is 10.3. The Morgan fingerprint density at radius 1 is 1.26 bits per heavy atom. The van der Waals surface area contributed by atoms with E-state index in [1.807, 2.05) is 0 Å². The number of carbonyl (C=O) groups is 1. The summed E-state index contributed by atoms with van der Waals surface area (Å²) in [7, 11) is 0. The van der Waals surface area contributed by atoms with Gasteiger partial charge in [0.05, 0.1) is 5.41 Å². The topological polar surface area (TPSA) is 55.1 Å². The first kappa shape index (κ1) is 13.9. The lowest BCUT2D eigenvalue weighted by atomic mass is 9.93. The van der Waals surface area contributed by atoms with Crippen LogP contribution in [0.15, 0.2) is 12.1 Å². The maximum absolute atomic E-state index is 13.7. The van der Waals surface area contributed by atoms with Crippen LogP contribution in [0.3, 0.4) is 0 Å². The predicted molar refractivity (Wildman–Crippen MR) is 63.9 cm³/mol. The second-order valence-corrected chi connectivity index (χ2v) is 4.72. The molecule has 0 unspecified atom stereocenters. The molecule has 1 aliphatic rings. The van der Waals surface area contributed by atoms with Gasteiger partial charge >= 0.3 is 0 Å². The van der Waals surface area contributed by atoms with Gasteiger partial charge in [0, 0.05) is 24.2 Å². The Hall–Kier alpha value is -1.56. The van der Waals surface area contributed by atoms with E-state index in [4.69, 9.17) is 5.73 Å². The number of halogens is 3. The summed E-state index contributed by atoms with van der Waals surface area (Å²) in [5, 5.41) is 2.61. The summed E-state index contributed by atoms with van der Waals surface area (Å²) in [6, 6.07) is 1.21. The summed E-state index contributed by atoms with van der Waals surface area (Å²) in [4.78, 5) is 12.0. The van der Waals surface area contributed by atoms with Gasteiger partial charge in [0.1, 0.15) is 17.5 Å². The third-order valence-electron chi connectivity index (χ3n) is 3.34. The molecule has 0 aliphatic heterocycles. The normalized spacial score (nSPS) is 16.2. The van der Waals surface area contributed by atoms with E-state index in [1.165, 1.54) is 0 Å². The van der Waals surface area contributed by atoms with Gasteiger partial charge in [0.15, 0.2) is 0 Å². The van der Waals surface area contributed by atoms with Gasteiger partial charge in [-0.25, -0.2) is 13.2 Å². The summed E-state index contributed by atoms with van der Waals surface area (Å²) >= 11 is 0. The Morgan fingerprint density at radius 3 is 2.32 bits per heavy atom. The number of carbonyl (C=O) groups excluding carboxylic acids is 1. The van der Waals surface area contributed by atoms with Crippen LogP contribution in [0, 0.1) is 17.5 Å². The second-order valence-electron chi connectivity index (χ2n) is 4.72. The highest BCUT2D eigenvalue weighted by Crippen LogP contribution is 2.50. The summed E-state index contributed by atoms with van der Waals surface area (Å²) in [5.41, 5.74) is 3.78. The molecule has 1 amide bonds. The number of nitrogens with two attached hydrogens (primary N) is 1. The molecule has 0 atom stereocenters. The zero-order chi connectivity index (χ0) is 14.0. The molecular formula is C13H15F3N2O. The van der Waals surface area contributed by atoms with E-state index in [0.717, 1.165) is 0 Å². The van der Waals surface area contributed by atoms with Crippen molar-refractivity contribution in [3.63, 3.8) is 0 Å². The molecular weight excluding hydrogens is 257 g/mol. The van der Waals surface area contributed by atoms with Crippen molar-refractivity contribution in [3.8, 4) is 0 Å². The fraction of sp³-hybridized carbons (Fsp3) is 0.462. The van der Waals surface area contributed by atoms with E-state index >= 15 is 0 Å². The number of benzene rings is 1. The van der Waals surface area contributed by atoms with Gasteiger partial charge in [0.2, 0.25) is 5.91 Å². The molecule has 0 radical (unpaired) electrons. The maximum Gasteiger partial charge on any atom is 0.230 e. The second kappa shape index (κ2) is 5.21. The Labute approximate surface area is 109 Å². The van der Waals surface area contributed by atoms with E-state index in [2.05, 4.69) is 5.32 Å². The quantitative estimate of drug-likeness (QED) is 0.800. The van der Waals surface area contributed by atoms with Crippen LogP contribution in [0.4, 0.5) is 13.2 Å². The standard InChI is InChI=1S/C13H15F3N2O/c14-8-6-9(15)11(10(16)7-8)13(2-3-13)12(19)18-5-1-4-17/h6-7H,1-5,17H2,(H,18,19). The van der Waals surface area contributed by atoms with Crippen LogP contribution in [-0.2, 0) is 10.2 Å². The van der Waals surface area contributed by atoms with Crippen molar-refractivity contribution in [1.82, 2.24) is 5.32 Å². The average Bonchev–Trinajstić information content (AvgIpc) is 3.09. The Balaban J connectivity index is 2.23. The Kier molecular flexibility index (Phi) is 3.80. The van der Waals surface area contributed by atoms with Gasteiger partial charge in [0.25, 0.3) is 0 Å². The molecule has 104 valence electrons. The molecule has 1 aliphatic carbocycles. The molecule has 1 aromatic rings. The summed E-state index contributed by atoms with van der Waals surface area (Å²) in [5.74, 6) is -3.43. The van der Waals surface area contributed by atoms with Crippen molar-refractivity contribution in [2.75, 3.05) is 13.1 Å². The molecule has 0 aromatic heterocycles. The van der Waals surface area contributed by atoms with Crippen molar-refractivity contribution in [1.29, 1.82) is 0 Å². The first-order chi connectivity index (χ1) is 9.01. The molecule has 0 bridgehead atoms. The lowest BCUT2D eigenvalue weighted by Gasteiger charge is -2.17. The van der Waals surface area contributed by atoms with Crippen LogP contribution in [-0.4, -0.2) is 19.0 Å². The van der Waals surface area contributed by atoms with Crippen LogP contribution in [0.25, 0.3) is 0 Å². The summed E-state index contributed by atoms with van der Waals surface area (Å²) in [6.45, 7) is 0.786. The number of amides is 1. The molecule has 2 rings (SSSR count). The number of hydrogen-bond donors (Lipinski definition) is 2. The molecule has 0 heterocycles. The Bertz CT molecular complexity index is 478. The van der Waals surface area contributed by atoms with Gasteiger partial charge in [-0.1, -0.05) is 0 Å². The minimum Gasteiger partial charge on any atom is -0.355 e. The highest BCUT2D eigenvalue weighted by Gasteiger charge is 2.54. The SMILES string of the molecule is NCCCNC(=O)C1(c2c(F)cc(F)cc2F)CC1. The molecule has 1 aromatic carbocycles. The molecule has 3 N–H and O–H groups in total. The molecule has 3 nitrogen and oxygen atoms in total. The first-order valence-electron chi connectivity index (χ1n) is 6.14. The monoisotopic (exact) mass is 272 g/mol. The van der Waals surface area contributed by atoms with E-state index < -0.39 is 28.8 Å². The maximum atomic E-state index is 13.7.